The first-order valence-electron chi connectivity index (χ1n) is 9.53. The van der Waals surface area contributed by atoms with Crippen LogP contribution in [0.2, 0.25) is 0 Å². The van der Waals surface area contributed by atoms with Gasteiger partial charge in [0.05, 0.1) is 23.8 Å². The number of hydrogen-bond acceptors (Lipinski definition) is 4. The van der Waals surface area contributed by atoms with Crippen LogP contribution in [0.5, 0.6) is 0 Å². The van der Waals surface area contributed by atoms with Crippen molar-refractivity contribution in [2.24, 2.45) is 0 Å². The lowest BCUT2D eigenvalue weighted by Gasteiger charge is -2.32. The molecule has 7 nitrogen and oxygen atoms in total. The molecule has 11 heteroatoms. The normalized spacial score (nSPS) is 24.9. The molecular weight excluding hydrogens is 404 g/mol. The number of likely N-dealkylation sites (tertiary alicyclic amines) is 1. The third-order valence-corrected chi connectivity index (χ3v) is 5.96. The molecule has 0 aromatic heterocycles. The van der Waals surface area contributed by atoms with Crippen LogP contribution in [0.25, 0.3) is 0 Å². The van der Waals surface area contributed by atoms with E-state index in [1.54, 1.807) is 0 Å². The number of nitrogens with zero attached hydrogens (tertiary/aromatic N) is 1. The molecule has 0 bridgehead atoms. The van der Waals surface area contributed by atoms with Gasteiger partial charge in [-0.1, -0.05) is 0 Å². The second-order valence-electron chi connectivity index (χ2n) is 8.53. The molecule has 1 aromatic rings. The second kappa shape index (κ2) is 7.77. The minimum absolute atomic E-state index is 0.184. The SMILES string of the molecule is CC1(C)OB(c2cc(F)c(CF)c(C(=O)N[C@@H]3CN(C(=O)O)C[C@@H]3F)c2)OC1(C)C. The molecule has 0 saturated carbocycles. The van der Waals surface area contributed by atoms with E-state index < -0.39 is 67.1 Å². The van der Waals surface area contributed by atoms with Gasteiger partial charge in [0.25, 0.3) is 5.91 Å². The highest BCUT2D eigenvalue weighted by atomic mass is 19.1. The van der Waals surface area contributed by atoms with Crippen LogP contribution in [0.4, 0.5) is 18.0 Å². The Hall–Kier alpha value is -2.27. The fraction of sp³-hybridized carbons (Fsp3) is 0.579. The van der Waals surface area contributed by atoms with Crippen LogP contribution in [0.3, 0.4) is 0 Å². The third kappa shape index (κ3) is 4.00. The summed E-state index contributed by atoms with van der Waals surface area (Å²) in [6.45, 7) is 5.34. The zero-order valence-electron chi connectivity index (χ0n) is 17.2. The van der Waals surface area contributed by atoms with Crippen LogP contribution in [0.1, 0.15) is 43.6 Å². The highest BCUT2D eigenvalue weighted by Crippen LogP contribution is 2.36. The zero-order chi connectivity index (χ0) is 22.4. The molecule has 0 spiro atoms. The van der Waals surface area contributed by atoms with E-state index in [0.717, 1.165) is 11.0 Å². The minimum atomic E-state index is -1.63. The summed E-state index contributed by atoms with van der Waals surface area (Å²) in [5.74, 6) is -1.86. The van der Waals surface area contributed by atoms with E-state index >= 15 is 0 Å². The molecule has 2 amide bonds. The second-order valence-corrected chi connectivity index (χ2v) is 8.53. The van der Waals surface area contributed by atoms with E-state index in [4.69, 9.17) is 14.4 Å². The lowest BCUT2D eigenvalue weighted by atomic mass is 9.77. The monoisotopic (exact) mass is 428 g/mol. The Kier molecular flexibility index (Phi) is 5.81. The number of carbonyl (C=O) groups is 2. The average Bonchev–Trinajstić information content (AvgIpc) is 3.10. The minimum Gasteiger partial charge on any atom is -0.465 e. The van der Waals surface area contributed by atoms with Crippen molar-refractivity contribution in [1.82, 2.24) is 10.2 Å². The van der Waals surface area contributed by atoms with Gasteiger partial charge in [-0.2, -0.15) is 0 Å². The molecule has 0 aliphatic carbocycles. The van der Waals surface area contributed by atoms with Crippen LogP contribution < -0.4 is 10.8 Å². The number of carbonyl (C=O) groups excluding carboxylic acids is 1. The van der Waals surface area contributed by atoms with E-state index in [1.165, 1.54) is 6.07 Å². The Morgan fingerprint density at radius 2 is 1.83 bits per heavy atom. The highest BCUT2D eigenvalue weighted by molar-refractivity contribution is 6.62. The molecule has 2 atom stereocenters. The number of hydrogen-bond donors (Lipinski definition) is 2. The van der Waals surface area contributed by atoms with Crippen molar-refractivity contribution in [2.45, 2.75) is 57.8 Å². The van der Waals surface area contributed by atoms with Crippen molar-refractivity contribution >= 4 is 24.6 Å². The predicted octanol–water partition coefficient (Wildman–Crippen LogP) is 2.02. The summed E-state index contributed by atoms with van der Waals surface area (Å²) in [6, 6.07) is 1.18. The zero-order valence-corrected chi connectivity index (χ0v) is 17.2. The number of nitrogens with one attached hydrogen (secondary N) is 1. The van der Waals surface area contributed by atoms with Gasteiger partial charge in [-0.05, 0) is 45.3 Å². The van der Waals surface area contributed by atoms with Gasteiger partial charge in [-0.15, -0.1) is 0 Å². The maximum Gasteiger partial charge on any atom is 0.494 e. The Labute approximate surface area is 172 Å². The van der Waals surface area contributed by atoms with Crippen LogP contribution in [-0.4, -0.2) is 65.6 Å². The molecule has 2 aliphatic rings. The van der Waals surface area contributed by atoms with Crippen LogP contribution >= 0.6 is 0 Å². The molecule has 2 saturated heterocycles. The molecule has 1 aromatic carbocycles. The largest absolute Gasteiger partial charge is 0.494 e. The molecule has 164 valence electrons. The summed E-state index contributed by atoms with van der Waals surface area (Å²) in [5.41, 5.74) is -2.02. The Bertz CT molecular complexity index is 851. The van der Waals surface area contributed by atoms with Crippen molar-refractivity contribution in [1.29, 1.82) is 0 Å². The fourth-order valence-electron chi connectivity index (χ4n) is 3.41. The number of rotatable bonds is 4. The summed E-state index contributed by atoms with van der Waals surface area (Å²) in [6.07, 6.45) is -2.94. The quantitative estimate of drug-likeness (QED) is 0.717. The molecule has 2 heterocycles. The Morgan fingerprint density at radius 3 is 2.33 bits per heavy atom. The maximum absolute atomic E-state index is 14.6. The lowest BCUT2D eigenvalue weighted by Crippen LogP contribution is -2.43. The van der Waals surface area contributed by atoms with Gasteiger partial charge < -0.3 is 24.6 Å². The first kappa shape index (κ1) is 22.4. The smallest absolute Gasteiger partial charge is 0.465 e. The maximum atomic E-state index is 14.6. The molecular formula is C19H24BF3N2O5. The van der Waals surface area contributed by atoms with Crippen molar-refractivity contribution in [3.8, 4) is 0 Å². The molecule has 2 aliphatic heterocycles. The summed E-state index contributed by atoms with van der Waals surface area (Å²) < 4.78 is 53.9. The first-order valence-corrected chi connectivity index (χ1v) is 9.53. The van der Waals surface area contributed by atoms with Gasteiger partial charge in [-0.25, -0.2) is 18.0 Å². The summed E-state index contributed by atoms with van der Waals surface area (Å²) in [4.78, 5) is 24.6. The number of carboxylic acid groups (broad SMARTS) is 1. The molecule has 30 heavy (non-hydrogen) atoms. The van der Waals surface area contributed by atoms with Crippen LogP contribution in [0, 0.1) is 5.82 Å². The van der Waals surface area contributed by atoms with Gasteiger partial charge >= 0.3 is 13.2 Å². The number of amides is 2. The number of alkyl halides is 2. The summed E-state index contributed by atoms with van der Waals surface area (Å²) in [7, 11) is -0.979. The fourth-order valence-corrected chi connectivity index (χ4v) is 3.41. The van der Waals surface area contributed by atoms with Crippen molar-refractivity contribution < 1.29 is 37.2 Å². The molecule has 0 radical (unpaired) electrons. The van der Waals surface area contributed by atoms with Gasteiger partial charge in [0, 0.05) is 17.7 Å². The average molecular weight is 428 g/mol. The van der Waals surface area contributed by atoms with Crippen molar-refractivity contribution in [3.63, 3.8) is 0 Å². The van der Waals surface area contributed by atoms with Crippen LogP contribution in [-0.2, 0) is 16.0 Å². The molecule has 0 unspecified atom stereocenters. The number of benzene rings is 1. The van der Waals surface area contributed by atoms with Crippen molar-refractivity contribution in [3.05, 3.63) is 29.1 Å². The van der Waals surface area contributed by atoms with Gasteiger partial charge in [0.2, 0.25) is 0 Å². The van der Waals surface area contributed by atoms with Gasteiger partial charge in [0.1, 0.15) is 18.7 Å². The van der Waals surface area contributed by atoms with E-state index in [9.17, 15) is 22.8 Å². The van der Waals surface area contributed by atoms with E-state index in [-0.39, 0.29) is 17.6 Å². The highest BCUT2D eigenvalue weighted by Gasteiger charge is 2.52. The molecule has 2 N–H and O–H groups in total. The molecule has 2 fully saturated rings. The first-order chi connectivity index (χ1) is 13.9. The third-order valence-electron chi connectivity index (χ3n) is 5.96. The topological polar surface area (TPSA) is 88.1 Å². The summed E-state index contributed by atoms with van der Waals surface area (Å²) in [5, 5.41) is 11.3. The van der Waals surface area contributed by atoms with E-state index in [1.807, 2.05) is 27.7 Å². The number of halogens is 3. The molecule has 3 rings (SSSR count). The predicted molar refractivity (Wildman–Crippen MR) is 103 cm³/mol. The lowest BCUT2D eigenvalue weighted by molar-refractivity contribution is 0.00578. The Morgan fingerprint density at radius 1 is 1.23 bits per heavy atom. The van der Waals surface area contributed by atoms with E-state index in [0.29, 0.717) is 0 Å². The van der Waals surface area contributed by atoms with Crippen LogP contribution in [0.15, 0.2) is 12.1 Å². The Balaban J connectivity index is 1.87. The van der Waals surface area contributed by atoms with E-state index in [2.05, 4.69) is 5.32 Å². The van der Waals surface area contributed by atoms with Gasteiger partial charge in [0.15, 0.2) is 0 Å². The summed E-state index contributed by atoms with van der Waals surface area (Å²) >= 11 is 0. The standard InChI is InChI=1S/C19H24BF3N2O5/c1-18(2)19(3,4)30-20(29-18)10-5-11(12(7-21)13(22)6-10)16(26)24-15-9-25(17(27)28)8-14(15)23/h5-6,14-15H,7-9H2,1-4H3,(H,24,26)(H,27,28)/t14-,15+/m0/s1. The van der Waals surface area contributed by atoms with Gasteiger partial charge in [-0.3, -0.25) is 4.79 Å². The van der Waals surface area contributed by atoms with Crippen molar-refractivity contribution in [2.75, 3.05) is 13.1 Å².